The van der Waals surface area contributed by atoms with Gasteiger partial charge in [-0.3, -0.25) is 9.59 Å². The summed E-state index contributed by atoms with van der Waals surface area (Å²) in [6.07, 6.45) is 1.38. The van der Waals surface area contributed by atoms with Crippen LogP contribution < -0.4 is 11.1 Å². The summed E-state index contributed by atoms with van der Waals surface area (Å²) < 4.78 is 4.86. The molecule has 0 spiro atoms. The molecule has 1 amide bonds. The molecule has 6 nitrogen and oxygen atoms in total. The molecule has 6 heteroatoms. The molecule has 0 aromatic rings. The Bertz CT molecular complexity index is 351. The number of rotatable bonds is 4. The number of ether oxygens (including phenoxy) is 1. The molecule has 1 aliphatic carbocycles. The van der Waals surface area contributed by atoms with Crippen LogP contribution >= 0.6 is 0 Å². The van der Waals surface area contributed by atoms with Crippen LogP contribution in [0.15, 0.2) is 0 Å². The zero-order valence-corrected chi connectivity index (χ0v) is 9.48. The van der Waals surface area contributed by atoms with Crippen molar-refractivity contribution >= 4 is 17.7 Å². The molecule has 0 bridgehead atoms. The van der Waals surface area contributed by atoms with E-state index in [1.807, 2.05) is 0 Å². The minimum Gasteiger partial charge on any atom is -0.446 e. The molecule has 2 rings (SSSR count). The van der Waals surface area contributed by atoms with Crippen molar-refractivity contribution in [2.45, 2.75) is 37.8 Å². The molecular formula is C11H16N2O4. The van der Waals surface area contributed by atoms with Crippen molar-refractivity contribution in [3.05, 3.63) is 0 Å². The van der Waals surface area contributed by atoms with E-state index in [1.165, 1.54) is 0 Å². The van der Waals surface area contributed by atoms with Gasteiger partial charge in [0.1, 0.15) is 6.10 Å². The predicted octanol–water partition coefficient (Wildman–Crippen LogP) is -0.250. The van der Waals surface area contributed by atoms with E-state index in [1.54, 1.807) is 0 Å². The molecule has 2 unspecified atom stereocenters. The highest BCUT2D eigenvalue weighted by atomic mass is 16.6. The SMILES string of the molecule is NC(=O)OC1CCNC(C(=O)C(=O)C2CC2)C1. The number of nitrogens with two attached hydrogens (primary N) is 1. The van der Waals surface area contributed by atoms with Crippen molar-refractivity contribution in [2.75, 3.05) is 6.54 Å². The third kappa shape index (κ3) is 3.03. The van der Waals surface area contributed by atoms with Gasteiger partial charge in [0, 0.05) is 12.3 Å². The normalized spacial score (nSPS) is 28.5. The van der Waals surface area contributed by atoms with Crippen LogP contribution in [0, 0.1) is 5.92 Å². The van der Waals surface area contributed by atoms with E-state index in [0.717, 1.165) is 12.8 Å². The number of nitrogens with one attached hydrogen (secondary N) is 1. The average molecular weight is 240 g/mol. The summed E-state index contributed by atoms with van der Waals surface area (Å²) in [6, 6.07) is -0.527. The highest BCUT2D eigenvalue weighted by Gasteiger charge is 2.39. The third-order valence-electron chi connectivity index (χ3n) is 3.15. The zero-order valence-electron chi connectivity index (χ0n) is 9.48. The number of amides is 1. The quantitative estimate of drug-likeness (QED) is 0.660. The molecule has 1 saturated carbocycles. The molecule has 17 heavy (non-hydrogen) atoms. The van der Waals surface area contributed by atoms with Gasteiger partial charge < -0.3 is 15.8 Å². The van der Waals surface area contributed by atoms with Crippen LogP contribution in [0.2, 0.25) is 0 Å². The lowest BCUT2D eigenvalue weighted by molar-refractivity contribution is -0.139. The number of Topliss-reactive ketones (excluding diaryl/α,β-unsaturated/α-hetero) is 2. The molecule has 2 aliphatic rings. The molecule has 1 aliphatic heterocycles. The maximum atomic E-state index is 11.8. The molecule has 0 radical (unpaired) electrons. The Balaban J connectivity index is 1.89. The summed E-state index contributed by atoms with van der Waals surface area (Å²) in [4.78, 5) is 34.1. The molecule has 2 atom stereocenters. The van der Waals surface area contributed by atoms with Crippen LogP contribution in [0.5, 0.6) is 0 Å². The monoisotopic (exact) mass is 240 g/mol. The lowest BCUT2D eigenvalue weighted by atomic mass is 9.95. The lowest BCUT2D eigenvalue weighted by Gasteiger charge is -2.28. The van der Waals surface area contributed by atoms with Gasteiger partial charge in [-0.05, 0) is 25.8 Å². The fourth-order valence-corrected chi connectivity index (χ4v) is 2.07. The number of primary amides is 1. The molecule has 94 valence electrons. The molecule has 2 fully saturated rings. The highest BCUT2D eigenvalue weighted by Crippen LogP contribution is 2.31. The minimum atomic E-state index is -0.836. The van der Waals surface area contributed by atoms with Crippen molar-refractivity contribution < 1.29 is 19.1 Å². The van der Waals surface area contributed by atoms with Gasteiger partial charge in [0.25, 0.3) is 0 Å². The fourth-order valence-electron chi connectivity index (χ4n) is 2.07. The van der Waals surface area contributed by atoms with Gasteiger partial charge in [-0.2, -0.15) is 0 Å². The second-order valence-electron chi connectivity index (χ2n) is 4.59. The number of carbonyl (C=O) groups excluding carboxylic acids is 3. The van der Waals surface area contributed by atoms with Gasteiger partial charge in [0.05, 0.1) is 6.04 Å². The number of hydrogen-bond acceptors (Lipinski definition) is 5. The van der Waals surface area contributed by atoms with Crippen LogP contribution in [0.1, 0.15) is 25.7 Å². The minimum absolute atomic E-state index is 0.0678. The predicted molar refractivity (Wildman–Crippen MR) is 58.2 cm³/mol. The van der Waals surface area contributed by atoms with E-state index in [2.05, 4.69) is 5.32 Å². The van der Waals surface area contributed by atoms with Crippen LogP contribution in [0.4, 0.5) is 4.79 Å². The second-order valence-corrected chi connectivity index (χ2v) is 4.59. The van der Waals surface area contributed by atoms with Gasteiger partial charge in [-0.1, -0.05) is 0 Å². The van der Waals surface area contributed by atoms with E-state index < -0.39 is 12.1 Å². The van der Waals surface area contributed by atoms with Crippen molar-refractivity contribution in [2.24, 2.45) is 11.7 Å². The van der Waals surface area contributed by atoms with Crippen molar-refractivity contribution in [3.63, 3.8) is 0 Å². The Morgan fingerprint density at radius 1 is 1.12 bits per heavy atom. The molecule has 3 N–H and O–H groups in total. The topological polar surface area (TPSA) is 98.5 Å². The summed E-state index contributed by atoms with van der Waals surface area (Å²) in [5, 5.41) is 2.98. The summed E-state index contributed by atoms with van der Waals surface area (Å²) in [5.41, 5.74) is 4.93. The zero-order chi connectivity index (χ0) is 12.4. The van der Waals surface area contributed by atoms with Gasteiger partial charge in [0.2, 0.25) is 11.6 Å². The van der Waals surface area contributed by atoms with Gasteiger partial charge in [-0.25, -0.2) is 4.79 Å². The van der Waals surface area contributed by atoms with Gasteiger partial charge in [-0.15, -0.1) is 0 Å². The Morgan fingerprint density at radius 2 is 1.82 bits per heavy atom. The van der Waals surface area contributed by atoms with E-state index in [-0.39, 0.29) is 23.6 Å². The molecule has 0 aromatic heterocycles. The molecular weight excluding hydrogens is 224 g/mol. The van der Waals surface area contributed by atoms with E-state index in [9.17, 15) is 14.4 Å². The van der Waals surface area contributed by atoms with Gasteiger partial charge in [0.15, 0.2) is 0 Å². The first kappa shape index (κ1) is 12.0. The first-order valence-corrected chi connectivity index (χ1v) is 5.85. The average Bonchev–Trinajstić information content (AvgIpc) is 3.10. The van der Waals surface area contributed by atoms with Gasteiger partial charge >= 0.3 is 6.09 Å². The number of carbonyl (C=O) groups is 3. The Labute approximate surface area is 98.9 Å². The molecule has 1 saturated heterocycles. The van der Waals surface area contributed by atoms with Crippen LogP contribution in [-0.2, 0) is 14.3 Å². The Hall–Kier alpha value is -1.43. The number of piperidine rings is 1. The second kappa shape index (κ2) is 4.83. The highest BCUT2D eigenvalue weighted by molar-refractivity contribution is 6.40. The lowest BCUT2D eigenvalue weighted by Crippen LogP contribution is -2.49. The first-order valence-electron chi connectivity index (χ1n) is 5.85. The number of hydrogen-bond donors (Lipinski definition) is 2. The van der Waals surface area contributed by atoms with Crippen LogP contribution in [0.3, 0.4) is 0 Å². The van der Waals surface area contributed by atoms with Crippen LogP contribution in [0.25, 0.3) is 0 Å². The Morgan fingerprint density at radius 3 is 2.41 bits per heavy atom. The largest absolute Gasteiger partial charge is 0.446 e. The van der Waals surface area contributed by atoms with Crippen molar-refractivity contribution in [1.29, 1.82) is 0 Å². The van der Waals surface area contributed by atoms with E-state index in [0.29, 0.717) is 19.4 Å². The first-order chi connectivity index (χ1) is 8.08. The summed E-state index contributed by atoms with van der Waals surface area (Å²) in [7, 11) is 0. The standard InChI is InChI=1S/C11H16N2O4/c12-11(16)17-7-3-4-13-8(5-7)10(15)9(14)6-1-2-6/h6-8,13H,1-5H2,(H2,12,16). The maximum Gasteiger partial charge on any atom is 0.404 e. The molecule has 0 aromatic carbocycles. The Kier molecular flexibility index (Phi) is 3.42. The van der Waals surface area contributed by atoms with E-state index >= 15 is 0 Å². The van der Waals surface area contributed by atoms with E-state index in [4.69, 9.17) is 10.5 Å². The van der Waals surface area contributed by atoms with Crippen molar-refractivity contribution in [1.82, 2.24) is 5.32 Å². The van der Waals surface area contributed by atoms with Crippen molar-refractivity contribution in [3.8, 4) is 0 Å². The molecule has 1 heterocycles. The summed E-state index contributed by atoms with van der Waals surface area (Å²) in [6.45, 7) is 0.548. The summed E-state index contributed by atoms with van der Waals surface area (Å²) in [5.74, 6) is -0.741. The smallest absolute Gasteiger partial charge is 0.404 e. The summed E-state index contributed by atoms with van der Waals surface area (Å²) >= 11 is 0. The fraction of sp³-hybridized carbons (Fsp3) is 0.727. The third-order valence-corrected chi connectivity index (χ3v) is 3.15. The maximum absolute atomic E-state index is 11.8. The van der Waals surface area contributed by atoms with Crippen LogP contribution in [-0.4, -0.2) is 36.4 Å². The number of ketones is 2.